The molecule has 2 N–H and O–H groups in total. The van der Waals surface area contributed by atoms with E-state index >= 15 is 0 Å². The van der Waals surface area contributed by atoms with Gasteiger partial charge in [-0.05, 0) is 36.4 Å². The molecule has 0 radical (unpaired) electrons. The number of hydrogen-bond acceptors (Lipinski definition) is 4. The third kappa shape index (κ3) is 1.81. The monoisotopic (exact) mass is 315 g/mol. The molecule has 0 saturated carbocycles. The molecule has 0 aliphatic heterocycles. The molecule has 0 amide bonds. The van der Waals surface area contributed by atoms with E-state index in [-0.39, 0.29) is 0 Å². The van der Waals surface area contributed by atoms with Crippen LogP contribution in [0.15, 0.2) is 12.4 Å². The second-order valence-corrected chi connectivity index (χ2v) is 4.44. The molecule has 2 heterocycles. The Morgan fingerprint density at radius 2 is 1.87 bits per heavy atom. The molecule has 0 aliphatic rings. The van der Waals surface area contributed by atoms with Crippen LogP contribution in [0, 0.1) is 17.4 Å². The zero-order valence-corrected chi connectivity index (χ0v) is 10.6. The molecule has 78 valence electrons. The highest BCUT2D eigenvalue weighted by atomic mass is 127. The van der Waals surface area contributed by atoms with Gasteiger partial charge in [-0.25, -0.2) is 14.6 Å². The van der Waals surface area contributed by atoms with Crippen LogP contribution in [-0.2, 0) is 0 Å². The van der Waals surface area contributed by atoms with Crippen molar-refractivity contribution in [2.45, 2.75) is 13.8 Å². The topological polar surface area (TPSA) is 69.6 Å². The summed E-state index contributed by atoms with van der Waals surface area (Å²) in [5.74, 6) is 0.549. The predicted molar refractivity (Wildman–Crippen MR) is 65.8 cm³/mol. The number of anilines is 1. The molecular weight excluding hydrogens is 305 g/mol. The Hall–Kier alpha value is -1.18. The average Bonchev–Trinajstić information content (AvgIpc) is 2.47. The smallest absolute Gasteiger partial charge is 0.250 e. The fourth-order valence-electron chi connectivity index (χ4n) is 1.26. The van der Waals surface area contributed by atoms with Gasteiger partial charge in [-0.15, -0.1) is 0 Å². The zero-order valence-electron chi connectivity index (χ0n) is 8.40. The Balaban J connectivity index is 2.54. The van der Waals surface area contributed by atoms with Crippen LogP contribution in [0.3, 0.4) is 0 Å². The molecule has 2 aromatic heterocycles. The van der Waals surface area contributed by atoms with E-state index < -0.39 is 0 Å². The predicted octanol–water partition coefficient (Wildman–Crippen LogP) is 1.47. The third-order valence-electron chi connectivity index (χ3n) is 2.14. The Labute approximate surface area is 101 Å². The molecule has 6 heteroatoms. The highest BCUT2D eigenvalue weighted by Gasteiger charge is 2.11. The summed E-state index contributed by atoms with van der Waals surface area (Å²) in [6.07, 6.45) is 3.49. The van der Waals surface area contributed by atoms with Crippen molar-refractivity contribution in [2.24, 2.45) is 0 Å². The van der Waals surface area contributed by atoms with E-state index in [0.29, 0.717) is 11.6 Å². The normalized spacial score (nSPS) is 10.6. The highest BCUT2D eigenvalue weighted by molar-refractivity contribution is 14.1. The number of aromatic nitrogens is 4. The molecule has 0 aliphatic carbocycles. The summed E-state index contributed by atoms with van der Waals surface area (Å²) in [5, 5.41) is 4.27. The molecule has 15 heavy (non-hydrogen) atoms. The molecule has 2 aromatic rings. The number of nitrogen functional groups attached to an aromatic ring is 1. The van der Waals surface area contributed by atoms with Crippen molar-refractivity contribution in [3.63, 3.8) is 0 Å². The lowest BCUT2D eigenvalue weighted by atomic mass is 10.3. The third-order valence-corrected chi connectivity index (χ3v) is 2.70. The second-order valence-electron chi connectivity index (χ2n) is 3.20. The Morgan fingerprint density at radius 1 is 1.27 bits per heavy atom. The maximum absolute atomic E-state index is 5.83. The molecule has 0 spiro atoms. The fourth-order valence-corrected chi connectivity index (χ4v) is 1.54. The minimum Gasteiger partial charge on any atom is -0.396 e. The number of rotatable bonds is 1. The first-order valence-electron chi connectivity index (χ1n) is 4.39. The first kappa shape index (κ1) is 10.3. The van der Waals surface area contributed by atoms with Gasteiger partial charge in [0.1, 0.15) is 0 Å². The van der Waals surface area contributed by atoms with Crippen molar-refractivity contribution >= 4 is 28.3 Å². The van der Waals surface area contributed by atoms with E-state index in [1.54, 1.807) is 17.1 Å². The number of hydrogen-bond donors (Lipinski definition) is 1. The van der Waals surface area contributed by atoms with Gasteiger partial charge in [0.05, 0.1) is 17.1 Å². The second kappa shape index (κ2) is 3.76. The lowest BCUT2D eigenvalue weighted by molar-refractivity contribution is 0.772. The van der Waals surface area contributed by atoms with Crippen LogP contribution < -0.4 is 5.73 Å². The first-order valence-corrected chi connectivity index (χ1v) is 5.47. The lowest BCUT2D eigenvalue weighted by Gasteiger charge is -2.01. The molecule has 0 fully saturated rings. The Bertz CT molecular complexity index is 488. The van der Waals surface area contributed by atoms with Gasteiger partial charge in [0, 0.05) is 16.0 Å². The summed E-state index contributed by atoms with van der Waals surface area (Å²) in [5.41, 5.74) is 8.19. The van der Waals surface area contributed by atoms with Gasteiger partial charge in [-0.3, -0.25) is 0 Å². The summed E-state index contributed by atoms with van der Waals surface area (Å²) in [4.78, 5) is 8.38. The number of halogens is 1. The van der Waals surface area contributed by atoms with Crippen molar-refractivity contribution < 1.29 is 0 Å². The fraction of sp³-hybridized carbons (Fsp3) is 0.222. The van der Waals surface area contributed by atoms with Crippen molar-refractivity contribution in [2.75, 3.05) is 5.73 Å². The van der Waals surface area contributed by atoms with E-state index in [0.717, 1.165) is 15.0 Å². The van der Waals surface area contributed by atoms with Crippen LogP contribution in [0.25, 0.3) is 5.95 Å². The van der Waals surface area contributed by atoms with Gasteiger partial charge in [0.2, 0.25) is 0 Å². The van der Waals surface area contributed by atoms with Gasteiger partial charge < -0.3 is 5.73 Å². The van der Waals surface area contributed by atoms with Gasteiger partial charge in [-0.1, -0.05) is 0 Å². The van der Waals surface area contributed by atoms with E-state index in [2.05, 4.69) is 37.7 Å². The van der Waals surface area contributed by atoms with Gasteiger partial charge in [-0.2, -0.15) is 5.10 Å². The standard InChI is InChI=1S/C9H10IN5/c1-5-8(11)6(2)15(14-5)9-12-3-7(10)4-13-9/h3-4H,11H2,1-2H3. The van der Waals surface area contributed by atoms with Gasteiger partial charge in [0.15, 0.2) is 0 Å². The molecule has 5 nitrogen and oxygen atoms in total. The van der Waals surface area contributed by atoms with E-state index in [1.807, 2.05) is 13.8 Å². The van der Waals surface area contributed by atoms with Crippen LogP contribution in [0.2, 0.25) is 0 Å². The SMILES string of the molecule is Cc1nn(-c2ncc(I)cn2)c(C)c1N. The van der Waals surface area contributed by atoms with Crippen molar-refractivity contribution in [3.8, 4) is 5.95 Å². The van der Waals surface area contributed by atoms with Crippen molar-refractivity contribution in [3.05, 3.63) is 27.4 Å². The summed E-state index contributed by atoms with van der Waals surface area (Å²) in [6.45, 7) is 3.77. The molecule has 0 bridgehead atoms. The number of nitrogens with two attached hydrogens (primary N) is 1. The average molecular weight is 315 g/mol. The van der Waals surface area contributed by atoms with Crippen molar-refractivity contribution in [1.82, 2.24) is 19.7 Å². The molecule has 0 saturated heterocycles. The van der Waals surface area contributed by atoms with Crippen molar-refractivity contribution in [1.29, 1.82) is 0 Å². The first-order chi connectivity index (χ1) is 7.09. The summed E-state index contributed by atoms with van der Waals surface area (Å²) < 4.78 is 2.65. The van der Waals surface area contributed by atoms with E-state index in [4.69, 9.17) is 5.73 Å². The van der Waals surface area contributed by atoms with Crippen LogP contribution in [-0.4, -0.2) is 19.7 Å². The minimum absolute atomic E-state index is 0.549. The molecular formula is C9H10IN5. The summed E-state index contributed by atoms with van der Waals surface area (Å²) >= 11 is 2.16. The maximum Gasteiger partial charge on any atom is 0.250 e. The number of aryl methyl sites for hydroxylation is 1. The van der Waals surface area contributed by atoms with Crippen LogP contribution in [0.5, 0.6) is 0 Å². The van der Waals surface area contributed by atoms with E-state index in [1.165, 1.54) is 0 Å². The zero-order chi connectivity index (χ0) is 11.0. The quantitative estimate of drug-likeness (QED) is 0.809. The molecule has 0 unspecified atom stereocenters. The molecule has 2 rings (SSSR count). The van der Waals surface area contributed by atoms with Crippen LogP contribution >= 0.6 is 22.6 Å². The summed E-state index contributed by atoms with van der Waals surface area (Å²) in [7, 11) is 0. The lowest BCUT2D eigenvalue weighted by Crippen LogP contribution is -2.05. The van der Waals surface area contributed by atoms with Gasteiger partial charge in [0.25, 0.3) is 5.95 Å². The van der Waals surface area contributed by atoms with Crippen LogP contribution in [0.4, 0.5) is 5.69 Å². The van der Waals surface area contributed by atoms with Gasteiger partial charge >= 0.3 is 0 Å². The van der Waals surface area contributed by atoms with E-state index in [9.17, 15) is 0 Å². The summed E-state index contributed by atoms with van der Waals surface area (Å²) in [6, 6.07) is 0. The number of nitrogens with zero attached hydrogens (tertiary/aromatic N) is 4. The highest BCUT2D eigenvalue weighted by Crippen LogP contribution is 2.17. The molecule has 0 aromatic carbocycles. The Kier molecular flexibility index (Phi) is 2.59. The Morgan fingerprint density at radius 3 is 2.33 bits per heavy atom. The van der Waals surface area contributed by atoms with Crippen LogP contribution in [0.1, 0.15) is 11.4 Å². The largest absolute Gasteiger partial charge is 0.396 e. The molecule has 0 atom stereocenters. The minimum atomic E-state index is 0.549. The maximum atomic E-state index is 5.83.